The Balaban J connectivity index is 2.06. The van der Waals surface area contributed by atoms with Gasteiger partial charge in [0, 0.05) is 6.04 Å². The standard InChI is InChI=1S/C13H20N2OS/c1-13(2)7-4-3-5-10(13)15-12(16)11-9(14)6-8-17-11/h6,8,10H,3-5,7,14H2,1-2H3,(H,15,16). The van der Waals surface area contributed by atoms with E-state index in [4.69, 9.17) is 5.73 Å². The van der Waals surface area contributed by atoms with Crippen LogP contribution in [0.1, 0.15) is 49.2 Å². The van der Waals surface area contributed by atoms with Gasteiger partial charge in [0.1, 0.15) is 4.88 Å². The van der Waals surface area contributed by atoms with Gasteiger partial charge in [-0.05, 0) is 29.7 Å². The van der Waals surface area contributed by atoms with Crippen LogP contribution < -0.4 is 11.1 Å². The predicted molar refractivity (Wildman–Crippen MR) is 72.2 cm³/mol. The second-order valence-electron chi connectivity index (χ2n) is 5.47. The summed E-state index contributed by atoms with van der Waals surface area (Å²) in [6.45, 7) is 4.46. The average molecular weight is 252 g/mol. The Bertz CT molecular complexity index is 411. The first-order valence-corrected chi connectivity index (χ1v) is 7.02. The largest absolute Gasteiger partial charge is 0.397 e. The third-order valence-electron chi connectivity index (χ3n) is 3.71. The van der Waals surface area contributed by atoms with E-state index in [9.17, 15) is 4.79 Å². The fourth-order valence-electron chi connectivity index (χ4n) is 2.49. The van der Waals surface area contributed by atoms with Crippen molar-refractivity contribution in [2.24, 2.45) is 5.41 Å². The van der Waals surface area contributed by atoms with E-state index in [0.29, 0.717) is 10.6 Å². The second-order valence-corrected chi connectivity index (χ2v) is 6.38. The molecule has 0 bridgehead atoms. The topological polar surface area (TPSA) is 55.1 Å². The molecule has 94 valence electrons. The van der Waals surface area contributed by atoms with Gasteiger partial charge in [-0.2, -0.15) is 0 Å². The van der Waals surface area contributed by atoms with Crippen LogP contribution in [0.3, 0.4) is 0 Å². The van der Waals surface area contributed by atoms with Gasteiger partial charge in [-0.15, -0.1) is 11.3 Å². The van der Waals surface area contributed by atoms with Crippen LogP contribution in [-0.2, 0) is 0 Å². The van der Waals surface area contributed by atoms with E-state index in [1.54, 1.807) is 6.07 Å². The van der Waals surface area contributed by atoms with E-state index in [-0.39, 0.29) is 17.4 Å². The fraction of sp³-hybridized carbons (Fsp3) is 0.615. The summed E-state index contributed by atoms with van der Waals surface area (Å²) in [6.07, 6.45) is 4.72. The SMILES string of the molecule is CC1(C)CCCCC1NC(=O)c1sccc1N. The number of carbonyl (C=O) groups is 1. The maximum Gasteiger partial charge on any atom is 0.263 e. The first-order valence-electron chi connectivity index (χ1n) is 6.14. The molecule has 1 aromatic heterocycles. The summed E-state index contributed by atoms with van der Waals surface area (Å²) < 4.78 is 0. The number of nitrogens with one attached hydrogen (secondary N) is 1. The van der Waals surface area contributed by atoms with Crippen molar-refractivity contribution < 1.29 is 4.79 Å². The smallest absolute Gasteiger partial charge is 0.263 e. The Morgan fingerprint density at radius 2 is 2.29 bits per heavy atom. The summed E-state index contributed by atoms with van der Waals surface area (Å²) in [7, 11) is 0. The number of thiophene rings is 1. The Morgan fingerprint density at radius 1 is 1.53 bits per heavy atom. The first kappa shape index (κ1) is 12.4. The zero-order valence-electron chi connectivity index (χ0n) is 10.5. The molecule has 0 spiro atoms. The van der Waals surface area contributed by atoms with Crippen LogP contribution in [0.5, 0.6) is 0 Å². The molecule has 1 aliphatic carbocycles. The zero-order valence-corrected chi connectivity index (χ0v) is 11.3. The van der Waals surface area contributed by atoms with E-state index in [2.05, 4.69) is 19.2 Å². The van der Waals surface area contributed by atoms with Crippen LogP contribution in [0.2, 0.25) is 0 Å². The van der Waals surface area contributed by atoms with E-state index in [1.807, 2.05) is 5.38 Å². The lowest BCUT2D eigenvalue weighted by Crippen LogP contribution is -2.46. The number of amides is 1. The number of hydrogen-bond donors (Lipinski definition) is 2. The van der Waals surface area contributed by atoms with Crippen molar-refractivity contribution in [2.45, 2.75) is 45.6 Å². The number of rotatable bonds is 2. The maximum atomic E-state index is 12.1. The maximum absolute atomic E-state index is 12.1. The highest BCUT2D eigenvalue weighted by molar-refractivity contribution is 7.12. The second kappa shape index (κ2) is 4.69. The number of carbonyl (C=O) groups excluding carboxylic acids is 1. The van der Waals surface area contributed by atoms with E-state index >= 15 is 0 Å². The van der Waals surface area contributed by atoms with Gasteiger partial charge < -0.3 is 11.1 Å². The van der Waals surface area contributed by atoms with Crippen molar-refractivity contribution in [3.63, 3.8) is 0 Å². The molecule has 1 saturated carbocycles. The Labute approximate surface area is 106 Å². The van der Waals surface area contributed by atoms with Crippen LogP contribution in [-0.4, -0.2) is 11.9 Å². The molecule has 1 fully saturated rings. The van der Waals surface area contributed by atoms with Gasteiger partial charge >= 0.3 is 0 Å². The highest BCUT2D eigenvalue weighted by Gasteiger charge is 2.33. The summed E-state index contributed by atoms with van der Waals surface area (Å²) in [4.78, 5) is 12.7. The van der Waals surface area contributed by atoms with E-state index in [1.165, 1.54) is 30.6 Å². The van der Waals surface area contributed by atoms with Crippen molar-refractivity contribution in [1.29, 1.82) is 0 Å². The predicted octanol–water partition coefficient (Wildman–Crippen LogP) is 3.03. The number of nitrogens with two attached hydrogens (primary N) is 1. The average Bonchev–Trinajstić information content (AvgIpc) is 2.67. The third-order valence-corrected chi connectivity index (χ3v) is 4.64. The molecule has 1 unspecified atom stereocenters. The lowest BCUT2D eigenvalue weighted by molar-refractivity contribution is 0.0858. The van der Waals surface area contributed by atoms with Crippen LogP contribution in [0.4, 0.5) is 5.69 Å². The molecule has 0 radical (unpaired) electrons. The Morgan fingerprint density at radius 3 is 2.88 bits per heavy atom. The molecule has 3 nitrogen and oxygen atoms in total. The van der Waals surface area contributed by atoms with E-state index in [0.717, 1.165) is 6.42 Å². The van der Waals surface area contributed by atoms with Crippen LogP contribution in [0, 0.1) is 5.41 Å². The molecule has 0 aromatic carbocycles. The van der Waals surface area contributed by atoms with Gasteiger partial charge in [-0.25, -0.2) is 0 Å². The quantitative estimate of drug-likeness (QED) is 0.850. The van der Waals surface area contributed by atoms with Crippen molar-refractivity contribution >= 4 is 22.9 Å². The van der Waals surface area contributed by atoms with Gasteiger partial charge in [0.25, 0.3) is 5.91 Å². The summed E-state index contributed by atoms with van der Waals surface area (Å²) in [5, 5.41) is 5.00. The summed E-state index contributed by atoms with van der Waals surface area (Å²) >= 11 is 1.41. The highest BCUT2D eigenvalue weighted by Crippen LogP contribution is 2.35. The molecule has 1 aliphatic rings. The first-order chi connectivity index (χ1) is 8.00. The normalized spacial score (nSPS) is 23.3. The number of hydrogen-bond acceptors (Lipinski definition) is 3. The van der Waals surface area contributed by atoms with Gasteiger partial charge in [0.15, 0.2) is 0 Å². The van der Waals surface area contributed by atoms with Crippen molar-refractivity contribution in [2.75, 3.05) is 5.73 Å². The molecule has 1 amide bonds. The van der Waals surface area contributed by atoms with Gasteiger partial charge in [-0.3, -0.25) is 4.79 Å². The summed E-state index contributed by atoms with van der Waals surface area (Å²) in [6, 6.07) is 2.05. The summed E-state index contributed by atoms with van der Waals surface area (Å²) in [5.74, 6) is -0.0162. The monoisotopic (exact) mass is 252 g/mol. The number of nitrogen functional groups attached to an aromatic ring is 1. The van der Waals surface area contributed by atoms with E-state index < -0.39 is 0 Å². The molecule has 3 N–H and O–H groups in total. The molecular weight excluding hydrogens is 232 g/mol. The highest BCUT2D eigenvalue weighted by atomic mass is 32.1. The molecule has 1 atom stereocenters. The molecule has 1 heterocycles. The molecule has 1 aromatic rings. The molecular formula is C13H20N2OS. The Hall–Kier alpha value is -1.03. The lowest BCUT2D eigenvalue weighted by Gasteiger charge is -2.38. The zero-order chi connectivity index (χ0) is 12.5. The molecule has 0 saturated heterocycles. The number of anilines is 1. The molecule has 17 heavy (non-hydrogen) atoms. The minimum Gasteiger partial charge on any atom is -0.397 e. The minimum absolute atomic E-state index is 0.0162. The minimum atomic E-state index is -0.0162. The van der Waals surface area contributed by atoms with Crippen LogP contribution >= 0.6 is 11.3 Å². The Kier molecular flexibility index (Phi) is 3.43. The van der Waals surface area contributed by atoms with Crippen molar-refractivity contribution in [3.8, 4) is 0 Å². The van der Waals surface area contributed by atoms with Crippen LogP contribution in [0.25, 0.3) is 0 Å². The molecule has 0 aliphatic heterocycles. The molecule has 2 rings (SSSR count). The van der Waals surface area contributed by atoms with Crippen molar-refractivity contribution in [3.05, 3.63) is 16.3 Å². The lowest BCUT2D eigenvalue weighted by atomic mass is 9.73. The van der Waals surface area contributed by atoms with Crippen LogP contribution in [0.15, 0.2) is 11.4 Å². The summed E-state index contributed by atoms with van der Waals surface area (Å²) in [5.41, 5.74) is 6.54. The van der Waals surface area contributed by atoms with Gasteiger partial charge in [0.2, 0.25) is 0 Å². The van der Waals surface area contributed by atoms with Gasteiger partial charge in [-0.1, -0.05) is 26.7 Å². The van der Waals surface area contributed by atoms with Gasteiger partial charge in [0.05, 0.1) is 5.69 Å². The van der Waals surface area contributed by atoms with Crippen molar-refractivity contribution in [1.82, 2.24) is 5.32 Å². The third kappa shape index (κ3) is 2.63. The fourth-order valence-corrected chi connectivity index (χ4v) is 3.21. The molecule has 4 heteroatoms.